The van der Waals surface area contributed by atoms with E-state index < -0.39 is 28.3 Å². The van der Waals surface area contributed by atoms with Crippen LogP contribution in [-0.2, 0) is 43.9 Å². The Morgan fingerprint density at radius 1 is 0.940 bits per heavy atom. The van der Waals surface area contributed by atoms with Crippen molar-refractivity contribution >= 4 is 44.8 Å². The average Bonchev–Trinajstić information content (AvgIpc) is 3.44. The molecule has 1 unspecified atom stereocenters. The van der Waals surface area contributed by atoms with Gasteiger partial charge in [0, 0.05) is 17.7 Å². The van der Waals surface area contributed by atoms with Crippen molar-refractivity contribution in [1.82, 2.24) is 14.3 Å². The van der Waals surface area contributed by atoms with Gasteiger partial charge in [0.2, 0.25) is 15.9 Å². The number of aliphatic hydroxyl groups is 1. The number of aromatic nitrogens is 2. The summed E-state index contributed by atoms with van der Waals surface area (Å²) >= 11 is 12.5. The van der Waals surface area contributed by atoms with Gasteiger partial charge in [-0.3, -0.25) is 4.79 Å². The fourth-order valence-corrected chi connectivity index (χ4v) is 7.23. The SMILES string of the molecule is Cc1ccc(S(=O)(=O)N[C@H](Cc2ccccc2)C(=O)Nc2cccc(C3O[C@H](Cn4cnc(Cl)c4Cl)C[C@H](c4ccc(CO)cc4)O3)c2)cc1. The number of amides is 1. The van der Waals surface area contributed by atoms with Crippen LogP contribution in [0.1, 0.15) is 46.6 Å². The number of sulfonamides is 1. The molecule has 1 fully saturated rings. The van der Waals surface area contributed by atoms with Gasteiger partial charge in [-0.2, -0.15) is 4.72 Å². The van der Waals surface area contributed by atoms with Crippen LogP contribution in [0.4, 0.5) is 5.69 Å². The van der Waals surface area contributed by atoms with Crippen molar-refractivity contribution in [3.63, 3.8) is 0 Å². The number of halogens is 2. The Bertz CT molecular complexity index is 2030. The summed E-state index contributed by atoms with van der Waals surface area (Å²) in [6.45, 7) is 2.16. The lowest BCUT2D eigenvalue weighted by Crippen LogP contribution is -2.45. The summed E-state index contributed by atoms with van der Waals surface area (Å²) in [7, 11) is -4.02. The van der Waals surface area contributed by atoms with Gasteiger partial charge >= 0.3 is 0 Å². The highest BCUT2D eigenvalue weighted by atomic mass is 35.5. The third-order valence-corrected chi connectivity index (χ3v) is 10.7. The van der Waals surface area contributed by atoms with Crippen LogP contribution >= 0.6 is 23.2 Å². The van der Waals surface area contributed by atoms with Crippen LogP contribution in [-0.4, -0.2) is 41.1 Å². The van der Waals surface area contributed by atoms with E-state index in [1.807, 2.05) is 67.6 Å². The Balaban J connectivity index is 1.24. The lowest BCUT2D eigenvalue weighted by molar-refractivity contribution is -0.252. The van der Waals surface area contributed by atoms with E-state index in [0.717, 1.165) is 22.3 Å². The maximum atomic E-state index is 13.8. The van der Waals surface area contributed by atoms with E-state index in [0.29, 0.717) is 29.4 Å². The molecule has 260 valence electrons. The zero-order valence-corrected chi connectivity index (χ0v) is 29.4. The molecule has 4 aromatic carbocycles. The summed E-state index contributed by atoms with van der Waals surface area (Å²) in [5.41, 5.74) is 4.47. The van der Waals surface area contributed by atoms with Gasteiger partial charge in [0.05, 0.1) is 36.6 Å². The van der Waals surface area contributed by atoms with Gasteiger partial charge in [-0.15, -0.1) is 0 Å². The number of rotatable bonds is 12. The fraction of sp³-hybridized carbons (Fsp3) is 0.243. The largest absolute Gasteiger partial charge is 0.392 e. The highest BCUT2D eigenvalue weighted by Gasteiger charge is 2.33. The van der Waals surface area contributed by atoms with Crippen molar-refractivity contribution < 1.29 is 27.8 Å². The number of nitrogens with one attached hydrogen (secondary N) is 2. The van der Waals surface area contributed by atoms with Gasteiger partial charge in [-0.25, -0.2) is 13.4 Å². The van der Waals surface area contributed by atoms with Crippen LogP contribution < -0.4 is 10.0 Å². The minimum absolute atomic E-state index is 0.0666. The van der Waals surface area contributed by atoms with E-state index in [-0.39, 0.29) is 35.3 Å². The molecule has 50 heavy (non-hydrogen) atoms. The van der Waals surface area contributed by atoms with E-state index in [1.54, 1.807) is 41.2 Å². The number of hydrogen-bond donors (Lipinski definition) is 3. The molecule has 10 nitrogen and oxygen atoms in total. The topological polar surface area (TPSA) is 132 Å². The molecule has 2 heterocycles. The third-order valence-electron chi connectivity index (χ3n) is 8.40. The fourth-order valence-electron chi connectivity index (χ4n) is 5.73. The summed E-state index contributed by atoms with van der Waals surface area (Å²) in [5, 5.41) is 12.9. The van der Waals surface area contributed by atoms with Gasteiger partial charge in [-0.05, 0) is 54.3 Å². The number of carbonyl (C=O) groups excluding carboxylic acids is 1. The molecule has 1 amide bonds. The van der Waals surface area contributed by atoms with E-state index in [2.05, 4.69) is 15.0 Å². The predicted molar refractivity (Wildman–Crippen MR) is 191 cm³/mol. The zero-order valence-electron chi connectivity index (χ0n) is 27.1. The van der Waals surface area contributed by atoms with Crippen molar-refractivity contribution in [2.75, 3.05) is 5.32 Å². The first-order chi connectivity index (χ1) is 24.1. The van der Waals surface area contributed by atoms with Crippen LogP contribution in [0.2, 0.25) is 10.3 Å². The van der Waals surface area contributed by atoms with E-state index >= 15 is 0 Å². The summed E-state index contributed by atoms with van der Waals surface area (Å²) < 4.78 is 44.0. The van der Waals surface area contributed by atoms with Crippen molar-refractivity contribution in [2.24, 2.45) is 0 Å². The van der Waals surface area contributed by atoms with Crippen LogP contribution in [0.3, 0.4) is 0 Å². The molecule has 6 rings (SSSR count). The molecule has 5 aromatic rings. The molecule has 1 aliphatic rings. The predicted octanol–water partition coefficient (Wildman–Crippen LogP) is 6.76. The van der Waals surface area contributed by atoms with Gasteiger partial charge in [0.15, 0.2) is 11.4 Å². The minimum Gasteiger partial charge on any atom is -0.392 e. The lowest BCUT2D eigenvalue weighted by atomic mass is 10.00. The molecule has 1 aliphatic heterocycles. The van der Waals surface area contributed by atoms with Crippen LogP contribution in [0.25, 0.3) is 0 Å². The Labute approximate surface area is 301 Å². The lowest BCUT2D eigenvalue weighted by Gasteiger charge is -2.36. The number of aliphatic hydroxyl groups excluding tert-OH is 1. The van der Waals surface area contributed by atoms with Crippen molar-refractivity contribution in [1.29, 1.82) is 0 Å². The van der Waals surface area contributed by atoms with Crippen molar-refractivity contribution in [3.05, 3.63) is 148 Å². The first kappa shape index (κ1) is 35.7. The average molecular weight is 736 g/mol. The second-order valence-corrected chi connectivity index (χ2v) is 14.6. The van der Waals surface area contributed by atoms with E-state index in [9.17, 15) is 18.3 Å². The number of ether oxygens (including phenoxy) is 2. The smallest absolute Gasteiger partial charge is 0.242 e. The number of nitrogens with zero attached hydrogens (tertiary/aromatic N) is 2. The van der Waals surface area contributed by atoms with Gasteiger partial charge in [-0.1, -0.05) is 108 Å². The summed E-state index contributed by atoms with van der Waals surface area (Å²) in [4.78, 5) is 17.9. The standard InChI is InChI=1S/C37H36Cl2N4O6S/c1-24-10-16-31(17-11-24)50(46,47)42-32(18-25-6-3-2-4-7-25)36(45)41-29-9-5-8-28(19-29)37-48-30(21-43-23-40-34(38)35(43)39)20-33(49-37)27-14-12-26(22-44)13-15-27/h2-17,19,23,30,32-33,37,42,44H,18,20-22H2,1H3,(H,41,45)/t30-,32+,33+,37?/m0/s1. The van der Waals surface area contributed by atoms with E-state index in [4.69, 9.17) is 32.7 Å². The normalized spacial score (nSPS) is 18.4. The molecule has 0 aliphatic carbocycles. The number of carbonyl (C=O) groups is 1. The second-order valence-electron chi connectivity index (χ2n) is 12.1. The van der Waals surface area contributed by atoms with Crippen molar-refractivity contribution in [2.45, 2.75) is 62.4 Å². The van der Waals surface area contributed by atoms with Crippen LogP contribution in [0, 0.1) is 6.92 Å². The highest BCUT2D eigenvalue weighted by Crippen LogP contribution is 2.39. The Morgan fingerprint density at radius 3 is 2.36 bits per heavy atom. The number of imidazole rings is 1. The first-order valence-corrected chi connectivity index (χ1v) is 18.2. The maximum absolute atomic E-state index is 13.8. The van der Waals surface area contributed by atoms with Crippen LogP contribution in [0.5, 0.6) is 0 Å². The number of hydrogen-bond acceptors (Lipinski definition) is 7. The molecule has 1 saturated heterocycles. The molecule has 3 N–H and O–H groups in total. The molecular weight excluding hydrogens is 699 g/mol. The molecule has 13 heteroatoms. The van der Waals surface area contributed by atoms with Crippen molar-refractivity contribution in [3.8, 4) is 0 Å². The van der Waals surface area contributed by atoms with E-state index in [1.165, 1.54) is 12.1 Å². The number of anilines is 1. The minimum atomic E-state index is -4.02. The molecule has 0 saturated carbocycles. The quantitative estimate of drug-likeness (QED) is 0.129. The van der Waals surface area contributed by atoms with Crippen LogP contribution in [0.15, 0.2) is 114 Å². The Morgan fingerprint density at radius 2 is 1.68 bits per heavy atom. The molecule has 1 aromatic heterocycles. The number of aryl methyl sites for hydroxylation is 1. The number of benzene rings is 4. The summed E-state index contributed by atoms with van der Waals surface area (Å²) in [6.07, 6.45) is 0.632. The van der Waals surface area contributed by atoms with Gasteiger partial charge in [0.1, 0.15) is 11.2 Å². The Hall–Kier alpha value is -4.07. The Kier molecular flexibility index (Phi) is 11.3. The summed E-state index contributed by atoms with van der Waals surface area (Å²) in [6, 6.07) is 29.1. The van der Waals surface area contributed by atoms with Gasteiger partial charge < -0.3 is 24.5 Å². The second kappa shape index (κ2) is 15.9. The zero-order chi connectivity index (χ0) is 35.3. The molecule has 0 spiro atoms. The maximum Gasteiger partial charge on any atom is 0.242 e. The summed E-state index contributed by atoms with van der Waals surface area (Å²) in [5.74, 6) is -0.529. The first-order valence-electron chi connectivity index (χ1n) is 16.0. The molecule has 4 atom stereocenters. The third kappa shape index (κ3) is 8.80. The monoisotopic (exact) mass is 734 g/mol. The highest BCUT2D eigenvalue weighted by molar-refractivity contribution is 7.89. The molecule has 0 radical (unpaired) electrons. The molecular formula is C37H36Cl2N4O6S. The van der Waals surface area contributed by atoms with Gasteiger partial charge in [0.25, 0.3) is 0 Å². The molecule has 0 bridgehead atoms.